The molecule has 0 aliphatic rings. The van der Waals surface area contributed by atoms with Crippen LogP contribution >= 0.6 is 0 Å². The van der Waals surface area contributed by atoms with Gasteiger partial charge in [0, 0.05) is 33.3 Å². The number of rotatable bonds is 14. The first-order valence-corrected chi connectivity index (χ1v) is 7.64. The Morgan fingerprint density at radius 1 is 1.15 bits per heavy atom. The average Bonchev–Trinajstić information content (AvgIpc) is 2.45. The number of unbranched alkanes of at least 4 members (excludes halogenated alkanes) is 3. The van der Waals surface area contributed by atoms with Crippen LogP contribution in [0.25, 0.3) is 0 Å². The number of methoxy groups -OCH3 is 1. The molecule has 0 aromatic rings. The molecule has 0 aromatic heterocycles. The van der Waals surface area contributed by atoms with Crippen molar-refractivity contribution < 1.29 is 9.84 Å². The first-order valence-electron chi connectivity index (χ1n) is 7.64. The first kappa shape index (κ1) is 19.8. The van der Waals surface area contributed by atoms with Crippen LogP contribution in [0.1, 0.15) is 25.7 Å². The van der Waals surface area contributed by atoms with Crippen molar-refractivity contribution in [3.63, 3.8) is 0 Å². The molecule has 0 amide bonds. The zero-order valence-electron chi connectivity index (χ0n) is 13.2. The van der Waals surface area contributed by atoms with E-state index in [-0.39, 0.29) is 6.10 Å². The minimum Gasteiger partial charge on any atom is -0.390 e. The van der Waals surface area contributed by atoms with Gasteiger partial charge in [-0.1, -0.05) is 12.8 Å². The molecule has 0 spiro atoms. The van der Waals surface area contributed by atoms with Crippen molar-refractivity contribution in [1.82, 2.24) is 10.2 Å². The molecule has 2 unspecified atom stereocenters. The molecule has 0 aliphatic carbocycles. The molecule has 0 bridgehead atoms. The lowest BCUT2D eigenvalue weighted by Gasteiger charge is -2.19. The second-order valence-corrected chi connectivity index (χ2v) is 5.36. The van der Waals surface area contributed by atoms with Gasteiger partial charge in [0.25, 0.3) is 0 Å². The number of likely N-dealkylation sites (N-methyl/N-ethyl adjacent to an activating group) is 1. The molecule has 6 N–H and O–H groups in total. The van der Waals surface area contributed by atoms with Crippen LogP contribution < -0.4 is 16.8 Å². The summed E-state index contributed by atoms with van der Waals surface area (Å²) in [6.45, 7) is 4.42. The van der Waals surface area contributed by atoms with E-state index >= 15 is 0 Å². The zero-order valence-corrected chi connectivity index (χ0v) is 13.2. The maximum absolute atomic E-state index is 9.42. The SMILES string of the molecule is COC(CN)CNCCCCCCN(C)CC(O)CN. The Bertz CT molecular complexity index is 204. The third-order valence-electron chi connectivity index (χ3n) is 3.41. The van der Waals surface area contributed by atoms with Crippen molar-refractivity contribution in [2.75, 3.05) is 53.4 Å². The maximum atomic E-state index is 9.42. The monoisotopic (exact) mass is 290 g/mol. The van der Waals surface area contributed by atoms with Crippen LogP contribution in [0.3, 0.4) is 0 Å². The Morgan fingerprint density at radius 2 is 1.85 bits per heavy atom. The average molecular weight is 290 g/mol. The lowest BCUT2D eigenvalue weighted by Crippen LogP contribution is -2.34. The smallest absolute Gasteiger partial charge is 0.0817 e. The minimum absolute atomic E-state index is 0.123. The Balaban J connectivity index is 3.28. The molecule has 122 valence electrons. The van der Waals surface area contributed by atoms with E-state index < -0.39 is 6.10 Å². The van der Waals surface area contributed by atoms with E-state index in [1.54, 1.807) is 7.11 Å². The number of hydrogen-bond acceptors (Lipinski definition) is 6. The Labute approximate surface area is 123 Å². The van der Waals surface area contributed by atoms with Gasteiger partial charge in [-0.2, -0.15) is 0 Å². The van der Waals surface area contributed by atoms with Crippen LogP contribution in [0.15, 0.2) is 0 Å². The van der Waals surface area contributed by atoms with Crippen LogP contribution in [0.5, 0.6) is 0 Å². The summed E-state index contributed by atoms with van der Waals surface area (Å²) in [5.41, 5.74) is 10.9. The molecule has 0 saturated carbocycles. The fraction of sp³-hybridized carbons (Fsp3) is 1.00. The van der Waals surface area contributed by atoms with Gasteiger partial charge in [0.1, 0.15) is 0 Å². The lowest BCUT2D eigenvalue weighted by atomic mass is 10.2. The van der Waals surface area contributed by atoms with Crippen molar-refractivity contribution >= 4 is 0 Å². The van der Waals surface area contributed by atoms with Crippen molar-refractivity contribution in [3.05, 3.63) is 0 Å². The van der Waals surface area contributed by atoms with Crippen molar-refractivity contribution in [3.8, 4) is 0 Å². The van der Waals surface area contributed by atoms with Gasteiger partial charge in [-0.05, 0) is 33.0 Å². The molecule has 6 nitrogen and oxygen atoms in total. The minimum atomic E-state index is -0.402. The highest BCUT2D eigenvalue weighted by Crippen LogP contribution is 2.01. The molecular weight excluding hydrogens is 256 g/mol. The third-order valence-corrected chi connectivity index (χ3v) is 3.41. The summed E-state index contributed by atoms with van der Waals surface area (Å²) < 4.78 is 5.19. The summed E-state index contributed by atoms with van der Waals surface area (Å²) >= 11 is 0. The fourth-order valence-corrected chi connectivity index (χ4v) is 2.04. The predicted molar refractivity (Wildman–Crippen MR) is 83.7 cm³/mol. The fourth-order valence-electron chi connectivity index (χ4n) is 2.04. The first-order chi connectivity index (χ1) is 9.63. The molecule has 0 radical (unpaired) electrons. The topological polar surface area (TPSA) is 96.8 Å². The van der Waals surface area contributed by atoms with E-state index in [1.807, 2.05) is 7.05 Å². The molecule has 0 aliphatic heterocycles. The number of hydrogen-bond donors (Lipinski definition) is 4. The van der Waals surface area contributed by atoms with Gasteiger partial charge < -0.3 is 31.5 Å². The largest absolute Gasteiger partial charge is 0.390 e. The second-order valence-electron chi connectivity index (χ2n) is 5.36. The molecule has 0 rings (SSSR count). The highest BCUT2D eigenvalue weighted by molar-refractivity contribution is 4.63. The van der Waals surface area contributed by atoms with Crippen LogP contribution in [0, 0.1) is 0 Å². The van der Waals surface area contributed by atoms with E-state index in [9.17, 15) is 5.11 Å². The number of ether oxygens (including phenoxy) is 1. The molecule has 6 heteroatoms. The van der Waals surface area contributed by atoms with E-state index in [2.05, 4.69) is 10.2 Å². The van der Waals surface area contributed by atoms with Gasteiger partial charge >= 0.3 is 0 Å². The van der Waals surface area contributed by atoms with E-state index in [1.165, 1.54) is 19.3 Å². The third kappa shape index (κ3) is 11.6. The van der Waals surface area contributed by atoms with E-state index in [0.29, 0.717) is 19.6 Å². The van der Waals surface area contributed by atoms with Crippen LogP contribution in [-0.4, -0.2) is 75.6 Å². The Hall–Kier alpha value is -0.240. The van der Waals surface area contributed by atoms with E-state index in [4.69, 9.17) is 16.2 Å². The predicted octanol–water partition coefficient (Wildman–Crippen LogP) is -0.638. The maximum Gasteiger partial charge on any atom is 0.0817 e. The van der Waals surface area contributed by atoms with Crippen molar-refractivity contribution in [1.29, 1.82) is 0 Å². The van der Waals surface area contributed by atoms with Crippen molar-refractivity contribution in [2.24, 2.45) is 11.5 Å². The molecule has 0 heterocycles. The highest BCUT2D eigenvalue weighted by atomic mass is 16.5. The number of nitrogens with one attached hydrogen (secondary N) is 1. The highest BCUT2D eigenvalue weighted by Gasteiger charge is 2.05. The molecule has 20 heavy (non-hydrogen) atoms. The number of aliphatic hydroxyl groups excluding tert-OH is 1. The molecule has 0 fully saturated rings. The molecule has 2 atom stereocenters. The lowest BCUT2D eigenvalue weighted by molar-refractivity contribution is 0.108. The number of nitrogens with two attached hydrogens (primary N) is 2. The number of nitrogens with zero attached hydrogens (tertiary/aromatic N) is 1. The summed E-state index contributed by atoms with van der Waals surface area (Å²) in [5, 5.41) is 12.8. The standard InChI is InChI=1S/C14H34N4O2/c1-18(12-13(19)9-15)8-6-4-3-5-7-17-11-14(10-16)20-2/h13-14,17,19H,3-12,15-16H2,1-2H3. The molecule has 0 saturated heterocycles. The summed E-state index contributed by atoms with van der Waals surface area (Å²) in [4.78, 5) is 2.14. The van der Waals surface area contributed by atoms with Crippen LogP contribution in [0.4, 0.5) is 0 Å². The van der Waals surface area contributed by atoms with Gasteiger partial charge in [0.2, 0.25) is 0 Å². The van der Waals surface area contributed by atoms with Gasteiger partial charge in [-0.3, -0.25) is 0 Å². The number of aliphatic hydroxyl groups is 1. The molecular formula is C14H34N4O2. The summed E-state index contributed by atoms with van der Waals surface area (Å²) in [7, 11) is 3.72. The normalized spacial score (nSPS) is 14.7. The van der Waals surface area contributed by atoms with Crippen molar-refractivity contribution in [2.45, 2.75) is 37.9 Å². The van der Waals surface area contributed by atoms with Gasteiger partial charge in [0.05, 0.1) is 12.2 Å². The summed E-state index contributed by atoms with van der Waals surface area (Å²) in [5.74, 6) is 0. The Morgan fingerprint density at radius 3 is 2.45 bits per heavy atom. The second kappa shape index (κ2) is 13.7. The van der Waals surface area contributed by atoms with Crippen LogP contribution in [0.2, 0.25) is 0 Å². The van der Waals surface area contributed by atoms with Gasteiger partial charge in [-0.25, -0.2) is 0 Å². The van der Waals surface area contributed by atoms with Crippen LogP contribution in [-0.2, 0) is 4.74 Å². The Kier molecular flexibility index (Phi) is 13.6. The van der Waals surface area contributed by atoms with E-state index in [0.717, 1.165) is 26.1 Å². The summed E-state index contributed by atoms with van der Waals surface area (Å²) in [6.07, 6.45) is 4.50. The van der Waals surface area contributed by atoms with Gasteiger partial charge in [-0.15, -0.1) is 0 Å². The summed E-state index contributed by atoms with van der Waals surface area (Å²) in [6, 6.07) is 0. The van der Waals surface area contributed by atoms with Gasteiger partial charge in [0.15, 0.2) is 0 Å². The molecule has 0 aromatic carbocycles. The zero-order chi connectivity index (χ0) is 15.2. The quantitative estimate of drug-likeness (QED) is 0.318.